The fraction of sp³-hybridized carbons (Fsp3) is 0.316. The number of rotatable bonds is 3. The summed E-state index contributed by atoms with van der Waals surface area (Å²) in [5, 5.41) is 1.05. The quantitative estimate of drug-likeness (QED) is 0.591. The number of nitrogens with two attached hydrogens (primary N) is 1. The lowest BCUT2D eigenvalue weighted by Crippen LogP contribution is -2.47. The van der Waals surface area contributed by atoms with Gasteiger partial charge in [0, 0.05) is 25.8 Å². The van der Waals surface area contributed by atoms with Crippen molar-refractivity contribution in [1.82, 2.24) is 19.9 Å². The Bertz CT molecular complexity index is 1030. The summed E-state index contributed by atoms with van der Waals surface area (Å²) in [4.78, 5) is 19.0. The van der Waals surface area contributed by atoms with Crippen molar-refractivity contribution in [3.05, 3.63) is 48.7 Å². The van der Waals surface area contributed by atoms with Crippen LogP contribution >= 0.6 is 0 Å². The van der Waals surface area contributed by atoms with Gasteiger partial charge in [0.1, 0.15) is 23.3 Å². The highest BCUT2D eigenvalue weighted by atomic mass is 16.3. The first kappa shape index (κ1) is 15.3. The van der Waals surface area contributed by atoms with Gasteiger partial charge >= 0.3 is 0 Å². The Labute approximate surface area is 150 Å². The van der Waals surface area contributed by atoms with Crippen molar-refractivity contribution in [2.75, 3.05) is 24.5 Å². The van der Waals surface area contributed by atoms with Gasteiger partial charge in [-0.2, -0.15) is 0 Å². The van der Waals surface area contributed by atoms with Crippen LogP contribution in [-0.4, -0.2) is 39.6 Å². The summed E-state index contributed by atoms with van der Waals surface area (Å²) < 4.78 is 6.06. The molecule has 4 aromatic rings. The van der Waals surface area contributed by atoms with Crippen molar-refractivity contribution in [2.24, 2.45) is 5.73 Å². The molecule has 0 amide bonds. The van der Waals surface area contributed by atoms with Crippen LogP contribution in [0.25, 0.3) is 22.1 Å². The number of benzene rings is 1. The van der Waals surface area contributed by atoms with E-state index in [9.17, 15) is 0 Å². The normalized spacial score (nSPS) is 17.2. The van der Waals surface area contributed by atoms with Gasteiger partial charge in [0.25, 0.3) is 0 Å². The highest BCUT2D eigenvalue weighted by Crippen LogP contribution is 2.37. The first-order valence-corrected chi connectivity index (χ1v) is 8.88. The molecule has 1 aliphatic rings. The van der Waals surface area contributed by atoms with E-state index in [0.29, 0.717) is 6.54 Å². The summed E-state index contributed by atoms with van der Waals surface area (Å²) in [5.74, 6) is 1.73. The van der Waals surface area contributed by atoms with Crippen LogP contribution in [0.15, 0.2) is 47.3 Å². The van der Waals surface area contributed by atoms with E-state index >= 15 is 0 Å². The molecule has 4 heterocycles. The van der Waals surface area contributed by atoms with Crippen LogP contribution in [0.3, 0.4) is 0 Å². The van der Waals surface area contributed by atoms with Crippen molar-refractivity contribution in [3.63, 3.8) is 0 Å². The van der Waals surface area contributed by atoms with Crippen molar-refractivity contribution in [3.8, 4) is 0 Å². The predicted octanol–water partition coefficient (Wildman–Crippen LogP) is 2.60. The van der Waals surface area contributed by atoms with Crippen LogP contribution in [0.1, 0.15) is 18.7 Å². The summed E-state index contributed by atoms with van der Waals surface area (Å²) in [6.07, 6.45) is 5.27. The zero-order chi connectivity index (χ0) is 17.6. The summed E-state index contributed by atoms with van der Waals surface area (Å²) in [6.45, 7) is 2.23. The molecule has 0 saturated carbocycles. The van der Waals surface area contributed by atoms with Gasteiger partial charge in [0.2, 0.25) is 5.89 Å². The third-order valence-electron chi connectivity index (χ3n) is 5.49. The number of nitrogens with zero attached hydrogens (tertiary/aromatic N) is 4. The van der Waals surface area contributed by atoms with Gasteiger partial charge in [-0.25, -0.2) is 15.0 Å². The highest BCUT2D eigenvalue weighted by molar-refractivity contribution is 5.87. The Hall–Kier alpha value is -2.93. The Balaban J connectivity index is 1.45. The van der Waals surface area contributed by atoms with Crippen LogP contribution in [-0.2, 0) is 5.41 Å². The SMILES string of the molecule is NCC1(c2nc3ccccc3o2)CCN(c2ncnc3[nH]ccc23)CC1. The van der Waals surface area contributed by atoms with Gasteiger partial charge in [0.15, 0.2) is 5.58 Å². The zero-order valence-electron chi connectivity index (χ0n) is 14.4. The number of fused-ring (bicyclic) bond motifs is 2. The van der Waals surface area contributed by atoms with Crippen LogP contribution in [0.5, 0.6) is 0 Å². The average molecular weight is 348 g/mol. The van der Waals surface area contributed by atoms with E-state index < -0.39 is 0 Å². The molecule has 7 heteroatoms. The van der Waals surface area contributed by atoms with Crippen molar-refractivity contribution in [2.45, 2.75) is 18.3 Å². The molecule has 0 atom stereocenters. The molecule has 1 aliphatic heterocycles. The minimum atomic E-state index is -0.222. The maximum Gasteiger partial charge on any atom is 0.203 e. The number of oxazole rings is 1. The number of aromatic nitrogens is 4. The number of aromatic amines is 1. The summed E-state index contributed by atoms with van der Waals surface area (Å²) in [5.41, 5.74) is 8.56. The molecule has 0 unspecified atom stereocenters. The summed E-state index contributed by atoms with van der Waals surface area (Å²) in [6, 6.07) is 9.89. The van der Waals surface area contributed by atoms with E-state index in [1.807, 2.05) is 36.5 Å². The van der Waals surface area contributed by atoms with E-state index in [-0.39, 0.29) is 5.41 Å². The van der Waals surface area contributed by atoms with E-state index in [1.165, 1.54) is 0 Å². The lowest BCUT2D eigenvalue weighted by atomic mass is 9.78. The molecule has 0 bridgehead atoms. The number of hydrogen-bond acceptors (Lipinski definition) is 6. The third kappa shape index (κ3) is 2.28. The predicted molar refractivity (Wildman–Crippen MR) is 100 cm³/mol. The Morgan fingerprint density at radius 2 is 2.00 bits per heavy atom. The Morgan fingerprint density at radius 1 is 1.15 bits per heavy atom. The minimum Gasteiger partial charge on any atom is -0.440 e. The van der Waals surface area contributed by atoms with Gasteiger partial charge in [-0.05, 0) is 31.0 Å². The molecular formula is C19H20N6O. The molecule has 1 aromatic carbocycles. The van der Waals surface area contributed by atoms with Gasteiger partial charge in [0.05, 0.1) is 10.8 Å². The number of hydrogen-bond donors (Lipinski definition) is 2. The van der Waals surface area contributed by atoms with E-state index in [0.717, 1.165) is 59.8 Å². The highest BCUT2D eigenvalue weighted by Gasteiger charge is 2.40. The third-order valence-corrected chi connectivity index (χ3v) is 5.49. The monoisotopic (exact) mass is 348 g/mol. The second-order valence-electron chi connectivity index (χ2n) is 6.90. The molecular weight excluding hydrogens is 328 g/mol. The standard InChI is InChI=1S/C19H20N6O/c20-11-19(18-24-14-3-1-2-4-15(14)26-18)6-9-25(10-7-19)17-13-5-8-21-16(13)22-12-23-17/h1-5,8,12H,6-7,9-11,20H2,(H,21,22,23). The largest absolute Gasteiger partial charge is 0.440 e. The Morgan fingerprint density at radius 3 is 2.81 bits per heavy atom. The zero-order valence-corrected chi connectivity index (χ0v) is 14.4. The molecule has 3 aromatic heterocycles. The van der Waals surface area contributed by atoms with Gasteiger partial charge in [-0.15, -0.1) is 0 Å². The minimum absolute atomic E-state index is 0.222. The van der Waals surface area contributed by atoms with E-state index in [4.69, 9.17) is 15.1 Å². The van der Waals surface area contributed by atoms with Gasteiger partial charge < -0.3 is 20.0 Å². The van der Waals surface area contributed by atoms with Crippen molar-refractivity contribution < 1.29 is 4.42 Å². The van der Waals surface area contributed by atoms with Crippen LogP contribution in [0.4, 0.5) is 5.82 Å². The van der Waals surface area contributed by atoms with Gasteiger partial charge in [-0.1, -0.05) is 12.1 Å². The van der Waals surface area contributed by atoms with E-state index in [2.05, 4.69) is 19.9 Å². The molecule has 26 heavy (non-hydrogen) atoms. The fourth-order valence-corrected chi connectivity index (χ4v) is 3.86. The lowest BCUT2D eigenvalue weighted by Gasteiger charge is -2.39. The number of piperidine rings is 1. The lowest BCUT2D eigenvalue weighted by molar-refractivity contribution is 0.275. The first-order valence-electron chi connectivity index (χ1n) is 8.88. The second-order valence-corrected chi connectivity index (χ2v) is 6.90. The molecule has 0 aliphatic carbocycles. The molecule has 3 N–H and O–H groups in total. The number of para-hydroxylation sites is 2. The van der Waals surface area contributed by atoms with Gasteiger partial charge in [-0.3, -0.25) is 0 Å². The van der Waals surface area contributed by atoms with E-state index in [1.54, 1.807) is 6.33 Å². The smallest absolute Gasteiger partial charge is 0.203 e. The number of anilines is 1. The number of nitrogens with one attached hydrogen (secondary N) is 1. The maximum absolute atomic E-state index is 6.20. The maximum atomic E-state index is 6.20. The first-order chi connectivity index (χ1) is 12.8. The summed E-state index contributed by atoms with van der Waals surface area (Å²) >= 11 is 0. The fourth-order valence-electron chi connectivity index (χ4n) is 3.86. The van der Waals surface area contributed by atoms with Crippen LogP contribution < -0.4 is 10.6 Å². The molecule has 1 saturated heterocycles. The van der Waals surface area contributed by atoms with Crippen molar-refractivity contribution >= 4 is 28.0 Å². The average Bonchev–Trinajstić information content (AvgIpc) is 3.34. The van der Waals surface area contributed by atoms with Crippen LogP contribution in [0.2, 0.25) is 0 Å². The second kappa shape index (κ2) is 5.81. The molecule has 1 fully saturated rings. The molecule has 5 rings (SSSR count). The van der Waals surface area contributed by atoms with Crippen molar-refractivity contribution in [1.29, 1.82) is 0 Å². The van der Waals surface area contributed by atoms with Crippen LogP contribution in [0, 0.1) is 0 Å². The molecule has 7 nitrogen and oxygen atoms in total. The molecule has 132 valence electrons. The summed E-state index contributed by atoms with van der Waals surface area (Å²) in [7, 11) is 0. The Kier molecular flexibility index (Phi) is 3.43. The number of H-pyrrole nitrogens is 1. The molecule has 0 radical (unpaired) electrons. The molecule has 0 spiro atoms. The topological polar surface area (TPSA) is 96.9 Å².